The number of benzene rings is 1. The van der Waals surface area contributed by atoms with Crippen molar-refractivity contribution in [2.75, 3.05) is 0 Å². The molecule has 0 fully saturated rings. The van der Waals surface area contributed by atoms with Crippen molar-refractivity contribution in [2.45, 2.75) is 6.18 Å². The highest BCUT2D eigenvalue weighted by Gasteiger charge is 2.31. The number of carbonyl (C=O) groups excluding carboxylic acids is 2. The molecule has 0 unspecified atom stereocenters. The molecule has 2 N–H and O–H groups in total. The van der Waals surface area contributed by atoms with Gasteiger partial charge in [0.15, 0.2) is 0 Å². The maximum absolute atomic E-state index is 12.8. The van der Waals surface area contributed by atoms with Crippen LogP contribution in [0, 0.1) is 10.1 Å². The molecule has 3 aromatic rings. The molecule has 2 amide bonds. The van der Waals surface area contributed by atoms with E-state index in [0.717, 1.165) is 30.3 Å². The molecule has 1 aromatic carbocycles. The number of hydrogen-bond donors (Lipinski definition) is 2. The number of furan rings is 1. The molecule has 0 saturated heterocycles. The summed E-state index contributed by atoms with van der Waals surface area (Å²) in [5, 5.41) is 10.7. The number of halogens is 4. The highest BCUT2D eigenvalue weighted by molar-refractivity contribution is 7.21. The van der Waals surface area contributed by atoms with Crippen LogP contribution in [0.4, 0.5) is 19.1 Å². The lowest BCUT2D eigenvalue weighted by molar-refractivity contribution is -0.402. The van der Waals surface area contributed by atoms with Crippen molar-refractivity contribution < 1.29 is 32.1 Å². The molecule has 0 radical (unpaired) electrons. The van der Waals surface area contributed by atoms with Crippen molar-refractivity contribution in [3.63, 3.8) is 0 Å². The fourth-order valence-corrected chi connectivity index (χ4v) is 3.62. The second-order valence-corrected chi connectivity index (χ2v) is 6.69. The first-order valence-corrected chi connectivity index (χ1v) is 8.41. The molecule has 3 rings (SSSR count). The van der Waals surface area contributed by atoms with Gasteiger partial charge in [-0.25, -0.2) is 0 Å². The van der Waals surface area contributed by atoms with Crippen LogP contribution in [0.3, 0.4) is 0 Å². The summed E-state index contributed by atoms with van der Waals surface area (Å²) in [4.78, 5) is 33.6. The summed E-state index contributed by atoms with van der Waals surface area (Å²) < 4.78 is 43.2. The zero-order chi connectivity index (χ0) is 20.6. The summed E-state index contributed by atoms with van der Waals surface area (Å²) in [6.07, 6.45) is -4.55. The summed E-state index contributed by atoms with van der Waals surface area (Å²) >= 11 is 6.76. The van der Waals surface area contributed by atoms with Gasteiger partial charge in [0, 0.05) is 10.1 Å². The van der Waals surface area contributed by atoms with Crippen LogP contribution in [-0.2, 0) is 6.18 Å². The third kappa shape index (κ3) is 3.77. The van der Waals surface area contributed by atoms with E-state index in [2.05, 4.69) is 4.42 Å². The monoisotopic (exact) mass is 433 g/mol. The van der Waals surface area contributed by atoms with Crippen LogP contribution in [-0.4, -0.2) is 16.7 Å². The number of thiophene rings is 1. The Morgan fingerprint density at radius 3 is 2.43 bits per heavy atom. The third-order valence-corrected chi connectivity index (χ3v) is 5.10. The molecule has 28 heavy (non-hydrogen) atoms. The van der Waals surface area contributed by atoms with Gasteiger partial charge in [0.1, 0.15) is 9.80 Å². The third-order valence-electron chi connectivity index (χ3n) is 3.45. The molecule has 0 aliphatic carbocycles. The van der Waals surface area contributed by atoms with Crippen molar-refractivity contribution in [1.82, 2.24) is 10.9 Å². The Hall–Kier alpha value is -3.12. The van der Waals surface area contributed by atoms with E-state index in [-0.39, 0.29) is 20.0 Å². The lowest BCUT2D eigenvalue weighted by atomic mass is 10.1. The van der Waals surface area contributed by atoms with Crippen molar-refractivity contribution >= 4 is 50.7 Å². The molecular formula is C15H7ClF3N3O5S. The zero-order valence-corrected chi connectivity index (χ0v) is 14.9. The number of nitrogens with zero attached hydrogens (tertiary/aromatic N) is 1. The zero-order valence-electron chi connectivity index (χ0n) is 13.3. The summed E-state index contributed by atoms with van der Waals surface area (Å²) in [7, 11) is 0. The van der Waals surface area contributed by atoms with E-state index in [1.54, 1.807) is 0 Å². The highest BCUT2D eigenvalue weighted by Crippen LogP contribution is 2.39. The topological polar surface area (TPSA) is 114 Å². The fourth-order valence-electron chi connectivity index (χ4n) is 2.17. The van der Waals surface area contributed by atoms with Crippen LogP contribution in [0.25, 0.3) is 10.1 Å². The molecule has 0 aliphatic rings. The van der Waals surface area contributed by atoms with Crippen molar-refractivity contribution in [3.05, 3.63) is 61.7 Å². The predicted molar refractivity (Wildman–Crippen MR) is 92.1 cm³/mol. The maximum Gasteiger partial charge on any atom is 0.433 e. The molecule has 0 saturated carbocycles. The van der Waals surface area contributed by atoms with Crippen molar-refractivity contribution in [2.24, 2.45) is 0 Å². The van der Waals surface area contributed by atoms with Crippen LogP contribution in [0.5, 0.6) is 0 Å². The molecule has 0 spiro atoms. The maximum atomic E-state index is 12.8. The number of hydrazine groups is 1. The van der Waals surface area contributed by atoms with Crippen molar-refractivity contribution in [3.8, 4) is 0 Å². The number of carbonyl (C=O) groups is 2. The van der Waals surface area contributed by atoms with Gasteiger partial charge >= 0.3 is 18.0 Å². The number of amides is 2. The van der Waals surface area contributed by atoms with Gasteiger partial charge in [-0.1, -0.05) is 17.7 Å². The minimum absolute atomic E-state index is 0.0749. The molecule has 0 aliphatic heterocycles. The lowest BCUT2D eigenvalue weighted by Gasteiger charge is -2.05. The van der Waals surface area contributed by atoms with Crippen LogP contribution >= 0.6 is 22.9 Å². The largest absolute Gasteiger partial charge is 0.433 e. The first kappa shape index (κ1) is 19.6. The van der Waals surface area contributed by atoms with Crippen LogP contribution in [0.2, 0.25) is 5.02 Å². The normalized spacial score (nSPS) is 11.4. The molecule has 0 atom stereocenters. The van der Waals surface area contributed by atoms with E-state index < -0.39 is 40.1 Å². The number of nitrogens with one attached hydrogen (secondary N) is 2. The minimum atomic E-state index is -4.55. The SMILES string of the molecule is O=C(NNC(=O)c1sc2cc(C(F)(F)F)ccc2c1Cl)c1ccc([N+](=O)[O-])o1. The summed E-state index contributed by atoms with van der Waals surface area (Å²) in [5.41, 5.74) is 3.10. The standard InChI is InChI=1S/C15H7ClF3N3O5S/c16-11-7-2-1-6(15(17,18)19)5-9(7)28-12(11)14(24)21-20-13(23)8-3-4-10(27-8)22(25)26/h1-5H,(H,20,23)(H,21,24). The quantitative estimate of drug-likeness (QED) is 0.475. The first-order chi connectivity index (χ1) is 13.1. The molecule has 2 heterocycles. The Balaban J connectivity index is 1.76. The Labute approximate surface area is 162 Å². The molecule has 0 bridgehead atoms. The van der Waals surface area contributed by atoms with Crippen LogP contribution < -0.4 is 10.9 Å². The van der Waals surface area contributed by atoms with E-state index in [0.29, 0.717) is 11.3 Å². The second-order valence-electron chi connectivity index (χ2n) is 5.26. The molecule has 8 nitrogen and oxygen atoms in total. The lowest BCUT2D eigenvalue weighted by Crippen LogP contribution is -2.41. The van der Waals surface area contributed by atoms with Gasteiger partial charge in [-0.2, -0.15) is 13.2 Å². The van der Waals surface area contributed by atoms with Crippen LogP contribution in [0.1, 0.15) is 25.8 Å². The van der Waals surface area contributed by atoms with E-state index in [9.17, 15) is 32.9 Å². The average molecular weight is 434 g/mol. The fraction of sp³-hybridized carbons (Fsp3) is 0.0667. The summed E-state index contributed by atoms with van der Waals surface area (Å²) in [6.45, 7) is 0. The summed E-state index contributed by atoms with van der Waals surface area (Å²) in [6, 6.07) is 4.84. The molecule has 2 aromatic heterocycles. The predicted octanol–water partition coefficient (Wildman–Crippen LogP) is 4.15. The number of alkyl halides is 3. The smallest absolute Gasteiger partial charge is 0.395 e. The highest BCUT2D eigenvalue weighted by atomic mass is 35.5. The Morgan fingerprint density at radius 1 is 1.14 bits per heavy atom. The van der Waals surface area contributed by atoms with Gasteiger partial charge in [0.25, 0.3) is 5.91 Å². The number of nitro groups is 1. The number of hydrogen-bond acceptors (Lipinski definition) is 6. The van der Waals surface area contributed by atoms with Gasteiger partial charge in [0.05, 0.1) is 16.7 Å². The Kier molecular flexibility index (Phi) is 5.00. The number of rotatable bonds is 3. The molecule has 146 valence electrons. The minimum Gasteiger partial charge on any atom is -0.395 e. The average Bonchev–Trinajstić information content (AvgIpc) is 3.24. The van der Waals surface area contributed by atoms with E-state index in [1.165, 1.54) is 0 Å². The van der Waals surface area contributed by atoms with Gasteiger partial charge in [-0.05, 0) is 18.2 Å². The molecular weight excluding hydrogens is 427 g/mol. The van der Waals surface area contributed by atoms with E-state index in [1.807, 2.05) is 10.9 Å². The van der Waals surface area contributed by atoms with Crippen molar-refractivity contribution in [1.29, 1.82) is 0 Å². The Bertz CT molecular complexity index is 1110. The van der Waals surface area contributed by atoms with Gasteiger partial charge in [-0.15, -0.1) is 11.3 Å². The van der Waals surface area contributed by atoms with E-state index in [4.69, 9.17) is 11.6 Å². The molecule has 13 heteroatoms. The Morgan fingerprint density at radius 2 is 1.82 bits per heavy atom. The van der Waals surface area contributed by atoms with Gasteiger partial charge in [0.2, 0.25) is 5.76 Å². The summed E-state index contributed by atoms with van der Waals surface area (Å²) in [5.74, 6) is -2.94. The second kappa shape index (κ2) is 7.13. The van der Waals surface area contributed by atoms with Crippen LogP contribution in [0.15, 0.2) is 34.7 Å². The first-order valence-electron chi connectivity index (χ1n) is 7.22. The van der Waals surface area contributed by atoms with Gasteiger partial charge in [-0.3, -0.25) is 30.6 Å². The van der Waals surface area contributed by atoms with Gasteiger partial charge < -0.3 is 4.42 Å². The number of fused-ring (bicyclic) bond motifs is 1. The van der Waals surface area contributed by atoms with E-state index >= 15 is 0 Å².